The van der Waals surface area contributed by atoms with Gasteiger partial charge >= 0.3 is 0 Å². The third-order valence-electron chi connectivity index (χ3n) is 5.27. The van der Waals surface area contributed by atoms with Crippen LogP contribution in [0.15, 0.2) is 72.9 Å². The topological polar surface area (TPSA) is 36.4 Å². The predicted octanol–water partition coefficient (Wildman–Crippen LogP) is 4.83. The van der Waals surface area contributed by atoms with Crippen LogP contribution in [0, 0.1) is 0 Å². The molecule has 2 aromatic carbocycles. The molecule has 0 aliphatic carbocycles. The van der Waals surface area contributed by atoms with Crippen LogP contribution in [-0.4, -0.2) is 28.9 Å². The van der Waals surface area contributed by atoms with Crippen molar-refractivity contribution in [3.8, 4) is 0 Å². The molecule has 0 saturated carbocycles. The van der Waals surface area contributed by atoms with Crippen LogP contribution in [0.25, 0.3) is 0 Å². The number of carbonyl (C=O) groups excluding carboxylic acids is 1. The van der Waals surface area contributed by atoms with Crippen molar-refractivity contribution in [3.63, 3.8) is 0 Å². The van der Waals surface area contributed by atoms with Gasteiger partial charge in [0.05, 0.1) is 0 Å². The third-order valence-corrected chi connectivity index (χ3v) is 5.27. The first-order valence-electron chi connectivity index (χ1n) is 9.91. The summed E-state index contributed by atoms with van der Waals surface area (Å²) >= 11 is 0. The van der Waals surface area contributed by atoms with Crippen LogP contribution in [0.2, 0.25) is 0 Å². The second-order valence-electron chi connectivity index (χ2n) is 7.09. The van der Waals surface area contributed by atoms with Crippen molar-refractivity contribution in [3.05, 3.63) is 89.7 Å². The minimum atomic E-state index is -0.0292. The van der Waals surface area contributed by atoms with Crippen molar-refractivity contribution >= 4 is 17.3 Å². The van der Waals surface area contributed by atoms with E-state index in [1.54, 1.807) is 6.20 Å². The lowest BCUT2D eigenvalue weighted by Crippen LogP contribution is -2.31. The first kappa shape index (κ1) is 18.2. The minimum absolute atomic E-state index is 0.0292. The molecule has 4 nitrogen and oxygen atoms in total. The summed E-state index contributed by atoms with van der Waals surface area (Å²) in [6.45, 7) is 4.20. The summed E-state index contributed by atoms with van der Waals surface area (Å²) in [5.74, 6) is -0.0292. The molecule has 3 aromatic rings. The van der Waals surface area contributed by atoms with Crippen molar-refractivity contribution in [1.29, 1.82) is 0 Å². The number of rotatable bonds is 5. The fourth-order valence-electron chi connectivity index (χ4n) is 3.80. The van der Waals surface area contributed by atoms with E-state index in [1.165, 1.54) is 11.3 Å². The fourth-order valence-corrected chi connectivity index (χ4v) is 3.80. The Morgan fingerprint density at radius 1 is 1.07 bits per heavy atom. The maximum atomic E-state index is 13.1. The van der Waals surface area contributed by atoms with E-state index in [2.05, 4.69) is 34.1 Å². The quantitative estimate of drug-likeness (QED) is 0.645. The SMILES string of the molecule is CCN(Cc1ccccc1)C(=O)c1cc(N2CCCc3ccccc32)ccn1. The molecule has 0 N–H and O–H groups in total. The van der Waals surface area contributed by atoms with Gasteiger partial charge in [0.15, 0.2) is 0 Å². The number of anilines is 2. The molecular weight excluding hydrogens is 346 g/mol. The summed E-state index contributed by atoms with van der Waals surface area (Å²) in [5.41, 5.74) is 5.24. The molecule has 0 bridgehead atoms. The minimum Gasteiger partial charge on any atom is -0.341 e. The van der Waals surface area contributed by atoms with Gasteiger partial charge in [-0.15, -0.1) is 0 Å². The number of carbonyl (C=O) groups is 1. The molecule has 142 valence electrons. The third kappa shape index (κ3) is 3.77. The van der Waals surface area contributed by atoms with Crippen LogP contribution in [0.5, 0.6) is 0 Å². The van der Waals surface area contributed by atoms with Crippen LogP contribution < -0.4 is 4.90 Å². The van der Waals surface area contributed by atoms with Crippen LogP contribution in [0.1, 0.15) is 35.0 Å². The smallest absolute Gasteiger partial charge is 0.272 e. The molecule has 4 rings (SSSR count). The number of aromatic nitrogens is 1. The number of amides is 1. The maximum Gasteiger partial charge on any atom is 0.272 e. The molecular formula is C24H25N3O. The highest BCUT2D eigenvalue weighted by atomic mass is 16.2. The summed E-state index contributed by atoms with van der Waals surface area (Å²) in [7, 11) is 0. The van der Waals surface area contributed by atoms with Gasteiger partial charge < -0.3 is 9.80 Å². The number of aryl methyl sites for hydroxylation is 1. The highest BCUT2D eigenvalue weighted by Crippen LogP contribution is 2.33. The van der Waals surface area contributed by atoms with Crippen molar-refractivity contribution in [1.82, 2.24) is 9.88 Å². The predicted molar refractivity (Wildman–Crippen MR) is 113 cm³/mol. The molecule has 2 heterocycles. The van der Waals surface area contributed by atoms with Gasteiger partial charge in [-0.25, -0.2) is 0 Å². The Hall–Kier alpha value is -3.14. The maximum absolute atomic E-state index is 13.1. The first-order valence-corrected chi connectivity index (χ1v) is 9.91. The lowest BCUT2D eigenvalue weighted by Gasteiger charge is -2.31. The van der Waals surface area contributed by atoms with Crippen LogP contribution in [0.3, 0.4) is 0 Å². The molecule has 0 unspecified atom stereocenters. The summed E-state index contributed by atoms with van der Waals surface area (Å²) in [4.78, 5) is 21.6. The average molecular weight is 371 g/mol. The van der Waals surface area contributed by atoms with E-state index in [1.807, 2.05) is 54.3 Å². The summed E-state index contributed by atoms with van der Waals surface area (Å²) < 4.78 is 0. The van der Waals surface area contributed by atoms with E-state index in [0.29, 0.717) is 18.8 Å². The zero-order valence-electron chi connectivity index (χ0n) is 16.2. The van der Waals surface area contributed by atoms with E-state index in [-0.39, 0.29) is 5.91 Å². The van der Waals surface area contributed by atoms with Gasteiger partial charge in [-0.2, -0.15) is 0 Å². The van der Waals surface area contributed by atoms with E-state index in [0.717, 1.165) is 30.6 Å². The van der Waals surface area contributed by atoms with Crippen molar-refractivity contribution in [2.75, 3.05) is 18.0 Å². The van der Waals surface area contributed by atoms with Gasteiger partial charge in [0.25, 0.3) is 5.91 Å². The second kappa shape index (κ2) is 8.26. The largest absolute Gasteiger partial charge is 0.341 e. The van der Waals surface area contributed by atoms with Crippen molar-refractivity contribution in [2.24, 2.45) is 0 Å². The molecule has 0 spiro atoms. The zero-order chi connectivity index (χ0) is 19.3. The molecule has 1 aromatic heterocycles. The number of para-hydroxylation sites is 1. The van der Waals surface area contributed by atoms with Crippen LogP contribution >= 0.6 is 0 Å². The Bertz CT molecular complexity index is 955. The highest BCUT2D eigenvalue weighted by molar-refractivity contribution is 5.93. The molecule has 28 heavy (non-hydrogen) atoms. The van der Waals surface area contributed by atoms with Gasteiger partial charge in [-0.1, -0.05) is 48.5 Å². The molecule has 0 saturated heterocycles. The molecule has 0 radical (unpaired) electrons. The van der Waals surface area contributed by atoms with Gasteiger partial charge in [0, 0.05) is 37.2 Å². The summed E-state index contributed by atoms with van der Waals surface area (Å²) in [6.07, 6.45) is 3.96. The lowest BCUT2D eigenvalue weighted by molar-refractivity contribution is 0.0746. The number of benzene rings is 2. The number of hydrogen-bond donors (Lipinski definition) is 0. The van der Waals surface area contributed by atoms with Gasteiger partial charge in [-0.05, 0) is 49.1 Å². The number of hydrogen-bond acceptors (Lipinski definition) is 3. The molecule has 4 heteroatoms. The van der Waals surface area contributed by atoms with E-state index in [4.69, 9.17) is 0 Å². The zero-order valence-corrected chi connectivity index (χ0v) is 16.2. The van der Waals surface area contributed by atoms with E-state index >= 15 is 0 Å². The molecule has 1 amide bonds. The second-order valence-corrected chi connectivity index (χ2v) is 7.09. The Morgan fingerprint density at radius 2 is 1.86 bits per heavy atom. The monoisotopic (exact) mass is 371 g/mol. The lowest BCUT2D eigenvalue weighted by atomic mass is 10.0. The van der Waals surface area contributed by atoms with Gasteiger partial charge in [-0.3, -0.25) is 9.78 Å². The number of pyridine rings is 1. The first-order chi connectivity index (χ1) is 13.8. The van der Waals surface area contributed by atoms with Gasteiger partial charge in [0.2, 0.25) is 0 Å². The molecule has 1 aliphatic rings. The number of nitrogens with zero attached hydrogens (tertiary/aromatic N) is 3. The van der Waals surface area contributed by atoms with Crippen molar-refractivity contribution in [2.45, 2.75) is 26.3 Å². The fraction of sp³-hybridized carbons (Fsp3) is 0.250. The Morgan fingerprint density at radius 3 is 2.68 bits per heavy atom. The van der Waals surface area contributed by atoms with Crippen LogP contribution in [-0.2, 0) is 13.0 Å². The highest BCUT2D eigenvalue weighted by Gasteiger charge is 2.21. The molecule has 0 fully saturated rings. The Balaban J connectivity index is 1.59. The van der Waals surface area contributed by atoms with Crippen molar-refractivity contribution < 1.29 is 4.79 Å². The Kier molecular flexibility index (Phi) is 5.38. The average Bonchev–Trinajstić information content (AvgIpc) is 2.77. The number of fused-ring (bicyclic) bond motifs is 1. The summed E-state index contributed by atoms with van der Waals surface area (Å²) in [6, 6.07) is 22.5. The van der Waals surface area contributed by atoms with E-state index < -0.39 is 0 Å². The standard InChI is InChI=1S/C24H25N3O/c1-2-26(18-19-9-4-3-5-10-19)24(28)22-17-21(14-15-25-22)27-16-8-12-20-11-6-7-13-23(20)27/h3-7,9-11,13-15,17H,2,8,12,16,18H2,1H3. The normalized spacial score (nSPS) is 13.1. The van der Waals surface area contributed by atoms with Gasteiger partial charge in [0.1, 0.15) is 5.69 Å². The van der Waals surface area contributed by atoms with Crippen LogP contribution in [0.4, 0.5) is 11.4 Å². The Labute approximate surface area is 166 Å². The van der Waals surface area contributed by atoms with E-state index in [9.17, 15) is 4.79 Å². The summed E-state index contributed by atoms with van der Waals surface area (Å²) in [5, 5.41) is 0. The molecule has 0 atom stereocenters. The molecule has 1 aliphatic heterocycles.